The number of benzene rings is 1. The van der Waals surface area contributed by atoms with Crippen LogP contribution >= 0.6 is 0 Å². The van der Waals surface area contributed by atoms with Gasteiger partial charge in [-0.25, -0.2) is 4.39 Å². The average Bonchev–Trinajstić information content (AvgIpc) is 2.42. The predicted molar refractivity (Wildman–Crippen MR) is 69.4 cm³/mol. The summed E-state index contributed by atoms with van der Waals surface area (Å²) in [7, 11) is 0. The number of phenolic OH excluding ortho intramolecular Hbond substituents is 1. The summed E-state index contributed by atoms with van der Waals surface area (Å²) in [4.78, 5) is 11.6. The Morgan fingerprint density at radius 1 is 1.37 bits per heavy atom. The first-order valence-electron chi connectivity index (χ1n) is 6.76. The number of hydrogen-bond acceptors (Lipinski definition) is 3. The van der Waals surface area contributed by atoms with Crippen LogP contribution in [-0.4, -0.2) is 17.7 Å². The van der Waals surface area contributed by atoms with Crippen LogP contribution in [0.3, 0.4) is 0 Å². The quantitative estimate of drug-likeness (QED) is 0.853. The number of halogens is 1. The lowest BCUT2D eigenvalue weighted by Gasteiger charge is -2.27. The van der Waals surface area contributed by atoms with E-state index in [2.05, 4.69) is 0 Å². The van der Waals surface area contributed by atoms with E-state index in [1.807, 2.05) is 0 Å². The summed E-state index contributed by atoms with van der Waals surface area (Å²) in [5.41, 5.74) is 0.655. The van der Waals surface area contributed by atoms with Crippen molar-refractivity contribution in [2.75, 3.05) is 6.61 Å². The maximum absolute atomic E-state index is 13.2. The molecule has 0 aliphatic heterocycles. The SMILES string of the molecule is CCOC(=O)C1CCC(c2cc(F)ccc2O)CC1. The van der Waals surface area contributed by atoms with Crippen LogP contribution in [0.15, 0.2) is 18.2 Å². The fourth-order valence-electron chi connectivity index (χ4n) is 2.75. The fourth-order valence-corrected chi connectivity index (χ4v) is 2.75. The summed E-state index contributed by atoms with van der Waals surface area (Å²) in [6, 6.07) is 4.04. The van der Waals surface area contributed by atoms with Gasteiger partial charge < -0.3 is 9.84 Å². The van der Waals surface area contributed by atoms with Crippen LogP contribution in [0.25, 0.3) is 0 Å². The van der Waals surface area contributed by atoms with E-state index in [4.69, 9.17) is 4.74 Å². The molecule has 19 heavy (non-hydrogen) atoms. The summed E-state index contributed by atoms with van der Waals surface area (Å²) < 4.78 is 18.2. The van der Waals surface area contributed by atoms with Gasteiger partial charge in [0.15, 0.2) is 0 Å². The highest BCUT2D eigenvalue weighted by Crippen LogP contribution is 2.39. The van der Waals surface area contributed by atoms with Crippen molar-refractivity contribution in [2.45, 2.75) is 38.5 Å². The van der Waals surface area contributed by atoms with Crippen LogP contribution in [0.5, 0.6) is 5.75 Å². The Balaban J connectivity index is 2.00. The van der Waals surface area contributed by atoms with Gasteiger partial charge in [0.25, 0.3) is 0 Å². The number of carbonyl (C=O) groups excluding carboxylic acids is 1. The van der Waals surface area contributed by atoms with E-state index in [0.717, 1.165) is 25.7 Å². The smallest absolute Gasteiger partial charge is 0.308 e. The third kappa shape index (κ3) is 3.25. The molecule has 1 aliphatic carbocycles. The zero-order valence-electron chi connectivity index (χ0n) is 11.1. The number of ether oxygens (including phenoxy) is 1. The first-order valence-corrected chi connectivity index (χ1v) is 6.76. The van der Waals surface area contributed by atoms with Crippen LogP contribution in [0.4, 0.5) is 4.39 Å². The molecule has 0 radical (unpaired) electrons. The molecule has 0 saturated heterocycles. The number of carbonyl (C=O) groups is 1. The van der Waals surface area contributed by atoms with Crippen molar-refractivity contribution < 1.29 is 19.0 Å². The lowest BCUT2D eigenvalue weighted by atomic mass is 9.78. The van der Waals surface area contributed by atoms with Gasteiger partial charge >= 0.3 is 5.97 Å². The minimum atomic E-state index is -0.333. The van der Waals surface area contributed by atoms with Gasteiger partial charge in [-0.3, -0.25) is 4.79 Å². The molecule has 1 aromatic rings. The van der Waals surface area contributed by atoms with Crippen molar-refractivity contribution in [3.05, 3.63) is 29.6 Å². The normalized spacial score (nSPS) is 23.1. The molecule has 0 heterocycles. The molecule has 1 saturated carbocycles. The molecule has 0 bridgehead atoms. The number of phenols is 1. The molecule has 0 atom stereocenters. The standard InChI is InChI=1S/C15H19FO3/c1-2-19-15(18)11-5-3-10(4-6-11)13-9-12(16)7-8-14(13)17/h7-11,17H,2-6H2,1H3. The summed E-state index contributed by atoms with van der Waals surface area (Å²) in [5.74, 6) is -0.251. The Kier molecular flexibility index (Phi) is 4.40. The van der Waals surface area contributed by atoms with Crippen molar-refractivity contribution >= 4 is 5.97 Å². The lowest BCUT2D eigenvalue weighted by molar-refractivity contribution is -0.149. The maximum Gasteiger partial charge on any atom is 0.308 e. The second-order valence-electron chi connectivity index (χ2n) is 5.00. The predicted octanol–water partition coefficient (Wildman–Crippen LogP) is 3.37. The van der Waals surface area contributed by atoms with E-state index in [9.17, 15) is 14.3 Å². The molecule has 4 heteroatoms. The molecule has 0 amide bonds. The van der Waals surface area contributed by atoms with E-state index in [1.165, 1.54) is 18.2 Å². The van der Waals surface area contributed by atoms with E-state index in [1.54, 1.807) is 6.92 Å². The lowest BCUT2D eigenvalue weighted by Crippen LogP contribution is -2.23. The van der Waals surface area contributed by atoms with Crippen LogP contribution in [0.1, 0.15) is 44.1 Å². The minimum Gasteiger partial charge on any atom is -0.508 e. The first-order chi connectivity index (χ1) is 9.11. The van der Waals surface area contributed by atoms with Crippen LogP contribution < -0.4 is 0 Å². The summed E-state index contributed by atoms with van der Waals surface area (Å²) in [6.07, 6.45) is 3.03. The third-order valence-electron chi connectivity index (χ3n) is 3.78. The molecule has 104 valence electrons. The Morgan fingerprint density at radius 3 is 2.68 bits per heavy atom. The van der Waals surface area contributed by atoms with Gasteiger partial charge in [0.1, 0.15) is 11.6 Å². The van der Waals surface area contributed by atoms with Crippen LogP contribution in [-0.2, 0) is 9.53 Å². The van der Waals surface area contributed by atoms with Gasteiger partial charge in [0.05, 0.1) is 12.5 Å². The molecule has 1 fully saturated rings. The zero-order chi connectivity index (χ0) is 13.8. The minimum absolute atomic E-state index is 0.0492. The number of aromatic hydroxyl groups is 1. The highest BCUT2D eigenvalue weighted by molar-refractivity contribution is 5.72. The third-order valence-corrected chi connectivity index (χ3v) is 3.78. The Bertz CT molecular complexity index is 451. The molecule has 1 aliphatic rings. The van der Waals surface area contributed by atoms with E-state index in [0.29, 0.717) is 12.2 Å². The number of esters is 1. The van der Waals surface area contributed by atoms with Crippen molar-refractivity contribution in [1.29, 1.82) is 0 Å². The molecule has 0 unspecified atom stereocenters. The maximum atomic E-state index is 13.2. The fraction of sp³-hybridized carbons (Fsp3) is 0.533. The monoisotopic (exact) mass is 266 g/mol. The van der Waals surface area contributed by atoms with Crippen LogP contribution in [0, 0.1) is 11.7 Å². The van der Waals surface area contributed by atoms with Crippen LogP contribution in [0.2, 0.25) is 0 Å². The van der Waals surface area contributed by atoms with Crippen molar-refractivity contribution in [2.24, 2.45) is 5.92 Å². The molecule has 1 aromatic carbocycles. The Morgan fingerprint density at radius 2 is 2.05 bits per heavy atom. The van der Waals surface area contributed by atoms with Crippen molar-refractivity contribution in [1.82, 2.24) is 0 Å². The molecule has 3 nitrogen and oxygen atoms in total. The second kappa shape index (κ2) is 6.04. The first kappa shape index (κ1) is 13.8. The number of hydrogen-bond donors (Lipinski definition) is 1. The zero-order valence-corrected chi connectivity index (χ0v) is 11.1. The molecule has 1 N–H and O–H groups in total. The number of rotatable bonds is 3. The van der Waals surface area contributed by atoms with Crippen molar-refractivity contribution in [3.63, 3.8) is 0 Å². The van der Waals surface area contributed by atoms with E-state index in [-0.39, 0.29) is 29.4 Å². The highest BCUT2D eigenvalue weighted by Gasteiger charge is 2.29. The molecular weight excluding hydrogens is 247 g/mol. The highest BCUT2D eigenvalue weighted by atomic mass is 19.1. The molecule has 0 aromatic heterocycles. The molecular formula is C15H19FO3. The molecule has 2 rings (SSSR count). The van der Waals surface area contributed by atoms with Gasteiger partial charge in [0.2, 0.25) is 0 Å². The van der Waals surface area contributed by atoms with Crippen molar-refractivity contribution in [3.8, 4) is 5.75 Å². The van der Waals surface area contributed by atoms with E-state index >= 15 is 0 Å². The van der Waals surface area contributed by atoms with Gasteiger partial charge in [-0.2, -0.15) is 0 Å². The summed E-state index contributed by atoms with van der Waals surface area (Å²) in [5, 5.41) is 9.79. The van der Waals surface area contributed by atoms with E-state index < -0.39 is 0 Å². The Hall–Kier alpha value is -1.58. The van der Waals surface area contributed by atoms with Gasteiger partial charge in [-0.15, -0.1) is 0 Å². The Labute approximate surface area is 112 Å². The largest absolute Gasteiger partial charge is 0.508 e. The molecule has 0 spiro atoms. The van der Waals surface area contributed by atoms with Gasteiger partial charge in [0, 0.05) is 0 Å². The second-order valence-corrected chi connectivity index (χ2v) is 5.00. The summed E-state index contributed by atoms with van der Waals surface area (Å²) in [6.45, 7) is 2.21. The van der Waals surface area contributed by atoms with Gasteiger partial charge in [-0.1, -0.05) is 0 Å². The van der Waals surface area contributed by atoms with Gasteiger partial charge in [-0.05, 0) is 62.3 Å². The topological polar surface area (TPSA) is 46.5 Å². The average molecular weight is 266 g/mol. The summed E-state index contributed by atoms with van der Waals surface area (Å²) >= 11 is 0.